The summed E-state index contributed by atoms with van der Waals surface area (Å²) in [7, 11) is 0. The lowest BCUT2D eigenvalue weighted by Gasteiger charge is -2.28. The van der Waals surface area contributed by atoms with E-state index in [1.165, 1.54) is 17.5 Å². The smallest absolute Gasteiger partial charge is 0.104 e. The predicted octanol–water partition coefficient (Wildman–Crippen LogP) is 6.50. The summed E-state index contributed by atoms with van der Waals surface area (Å²) in [6.45, 7) is 14.4. The predicted molar refractivity (Wildman–Crippen MR) is 133 cm³/mol. The maximum atomic E-state index is 6.37. The molecule has 0 aliphatic carbocycles. The molecule has 0 unspecified atom stereocenters. The SMILES string of the molecule is C=C/N=C\C(=C/C)c1ccc2c(c1)N=C(N)CC(/C(=C/CC)N(CCC)CCC)=C2. The lowest BCUT2D eigenvalue weighted by Crippen LogP contribution is -2.27. The lowest BCUT2D eigenvalue weighted by molar-refractivity contribution is 0.349. The molecule has 160 valence electrons. The number of allylic oxidation sites excluding steroid dienone is 4. The van der Waals surface area contributed by atoms with Crippen molar-refractivity contribution in [2.24, 2.45) is 15.7 Å². The molecule has 2 N–H and O–H groups in total. The summed E-state index contributed by atoms with van der Waals surface area (Å²) >= 11 is 0. The highest BCUT2D eigenvalue weighted by molar-refractivity contribution is 6.10. The van der Waals surface area contributed by atoms with Gasteiger partial charge in [-0.05, 0) is 55.0 Å². The van der Waals surface area contributed by atoms with Gasteiger partial charge in [-0.3, -0.25) is 4.99 Å². The molecule has 0 bridgehead atoms. The first-order valence-electron chi connectivity index (χ1n) is 11.0. The van der Waals surface area contributed by atoms with Gasteiger partial charge in [0.1, 0.15) is 5.84 Å². The molecular formula is C26H36N4. The van der Waals surface area contributed by atoms with Crippen molar-refractivity contribution in [3.05, 3.63) is 65.5 Å². The Labute approximate surface area is 182 Å². The van der Waals surface area contributed by atoms with Crippen LogP contribution in [0.1, 0.15) is 64.5 Å². The number of nitrogens with zero attached hydrogens (tertiary/aromatic N) is 3. The van der Waals surface area contributed by atoms with Gasteiger partial charge in [0.2, 0.25) is 0 Å². The summed E-state index contributed by atoms with van der Waals surface area (Å²) in [6.07, 6.45) is 13.9. The van der Waals surface area contributed by atoms with Crippen LogP contribution in [0.25, 0.3) is 11.6 Å². The molecule has 1 aromatic rings. The molecule has 4 heteroatoms. The summed E-state index contributed by atoms with van der Waals surface area (Å²) in [5.74, 6) is 0.647. The van der Waals surface area contributed by atoms with Crippen molar-refractivity contribution in [1.82, 2.24) is 4.90 Å². The highest BCUT2D eigenvalue weighted by Crippen LogP contribution is 2.33. The summed E-state index contributed by atoms with van der Waals surface area (Å²) < 4.78 is 0. The number of rotatable bonds is 10. The van der Waals surface area contributed by atoms with E-state index in [9.17, 15) is 0 Å². The zero-order valence-corrected chi connectivity index (χ0v) is 19.0. The first-order chi connectivity index (χ1) is 14.6. The van der Waals surface area contributed by atoms with Gasteiger partial charge in [0.15, 0.2) is 0 Å². The van der Waals surface area contributed by atoms with Crippen LogP contribution in [-0.4, -0.2) is 30.0 Å². The maximum absolute atomic E-state index is 6.37. The van der Waals surface area contributed by atoms with E-state index < -0.39 is 0 Å². The maximum Gasteiger partial charge on any atom is 0.104 e. The number of fused-ring (bicyclic) bond motifs is 1. The highest BCUT2D eigenvalue weighted by atomic mass is 15.1. The van der Waals surface area contributed by atoms with Gasteiger partial charge in [-0.15, -0.1) is 0 Å². The Hall–Kier alpha value is -2.88. The van der Waals surface area contributed by atoms with Crippen molar-refractivity contribution < 1.29 is 0 Å². The Morgan fingerprint density at radius 2 is 1.97 bits per heavy atom. The van der Waals surface area contributed by atoms with Crippen LogP contribution in [0.5, 0.6) is 0 Å². The molecule has 1 aliphatic heterocycles. The van der Waals surface area contributed by atoms with Crippen LogP contribution in [0.4, 0.5) is 5.69 Å². The van der Waals surface area contributed by atoms with E-state index in [0.29, 0.717) is 12.3 Å². The Morgan fingerprint density at radius 3 is 2.57 bits per heavy atom. The minimum atomic E-state index is 0.647. The molecule has 0 spiro atoms. The second-order valence-electron chi connectivity index (χ2n) is 7.41. The fraction of sp³-hybridized carbons (Fsp3) is 0.385. The molecule has 0 saturated heterocycles. The van der Waals surface area contributed by atoms with Crippen molar-refractivity contribution in [2.45, 2.75) is 53.4 Å². The number of nitrogens with two attached hydrogens (primary N) is 1. The second kappa shape index (κ2) is 12.0. The van der Waals surface area contributed by atoms with Gasteiger partial charge in [0, 0.05) is 43.2 Å². The third-order valence-electron chi connectivity index (χ3n) is 5.01. The molecule has 4 nitrogen and oxygen atoms in total. The Bertz CT molecular complexity index is 878. The van der Waals surface area contributed by atoms with Crippen molar-refractivity contribution in [3.63, 3.8) is 0 Å². The third-order valence-corrected chi connectivity index (χ3v) is 5.01. The standard InChI is InChI=1S/C26H36N4/c1-6-11-25(30(14-7-2)15-8-3)23-16-22-13-12-21(20(9-4)19-28-10-5)17-24(22)29-26(27)18-23/h9-13,16-17,19H,5-8,14-15,18H2,1-4H3,(H2,27,29)/b20-9+,25-11-,28-19-. The zero-order chi connectivity index (χ0) is 21.9. The fourth-order valence-electron chi connectivity index (χ4n) is 3.73. The monoisotopic (exact) mass is 404 g/mol. The van der Waals surface area contributed by atoms with Crippen molar-refractivity contribution in [1.29, 1.82) is 0 Å². The summed E-state index contributed by atoms with van der Waals surface area (Å²) in [5.41, 5.74) is 13.0. The van der Waals surface area contributed by atoms with Gasteiger partial charge in [0.25, 0.3) is 0 Å². The van der Waals surface area contributed by atoms with E-state index in [-0.39, 0.29) is 0 Å². The number of aliphatic imine (C=N–C) groups is 2. The van der Waals surface area contributed by atoms with Gasteiger partial charge in [-0.2, -0.15) is 0 Å². The summed E-state index contributed by atoms with van der Waals surface area (Å²) in [6, 6.07) is 6.34. The van der Waals surface area contributed by atoms with Gasteiger partial charge in [0.05, 0.1) is 5.69 Å². The minimum absolute atomic E-state index is 0.647. The first kappa shape index (κ1) is 23.4. The van der Waals surface area contributed by atoms with Crippen LogP contribution in [-0.2, 0) is 0 Å². The van der Waals surface area contributed by atoms with E-state index >= 15 is 0 Å². The molecule has 0 aromatic heterocycles. The fourth-order valence-corrected chi connectivity index (χ4v) is 3.73. The molecule has 0 radical (unpaired) electrons. The Morgan fingerprint density at radius 1 is 1.23 bits per heavy atom. The van der Waals surface area contributed by atoms with Crippen molar-refractivity contribution in [3.8, 4) is 0 Å². The van der Waals surface area contributed by atoms with Crippen LogP contribution >= 0.6 is 0 Å². The van der Waals surface area contributed by atoms with Gasteiger partial charge < -0.3 is 10.6 Å². The number of benzene rings is 1. The Kier molecular flexibility index (Phi) is 9.33. The molecule has 1 aromatic carbocycles. The third kappa shape index (κ3) is 6.06. The number of hydrogen-bond donors (Lipinski definition) is 1. The number of amidine groups is 1. The van der Waals surface area contributed by atoms with Gasteiger partial charge >= 0.3 is 0 Å². The summed E-state index contributed by atoms with van der Waals surface area (Å²) in [4.78, 5) is 11.4. The second-order valence-corrected chi connectivity index (χ2v) is 7.41. The number of hydrogen-bond acceptors (Lipinski definition) is 4. The normalized spacial score (nSPS) is 14.8. The average molecular weight is 405 g/mol. The average Bonchev–Trinajstić information content (AvgIpc) is 2.90. The van der Waals surface area contributed by atoms with Crippen LogP contribution in [0.15, 0.2) is 64.4 Å². The van der Waals surface area contributed by atoms with Crippen molar-refractivity contribution in [2.75, 3.05) is 13.1 Å². The lowest BCUT2D eigenvalue weighted by atomic mass is 9.99. The van der Waals surface area contributed by atoms with Crippen LogP contribution in [0, 0.1) is 0 Å². The molecule has 0 saturated carbocycles. The molecular weight excluding hydrogens is 368 g/mol. The topological polar surface area (TPSA) is 54.0 Å². The zero-order valence-electron chi connectivity index (χ0n) is 19.0. The van der Waals surface area contributed by atoms with Crippen molar-refractivity contribution >= 4 is 29.4 Å². The largest absolute Gasteiger partial charge is 0.387 e. The van der Waals surface area contributed by atoms with Crippen LogP contribution < -0.4 is 5.73 Å². The van der Waals surface area contributed by atoms with E-state index in [0.717, 1.165) is 54.7 Å². The highest BCUT2D eigenvalue weighted by Gasteiger charge is 2.18. The van der Waals surface area contributed by atoms with E-state index in [1.807, 2.05) is 19.2 Å². The van der Waals surface area contributed by atoms with Gasteiger partial charge in [-0.25, -0.2) is 4.99 Å². The first-order valence-corrected chi connectivity index (χ1v) is 11.0. The Balaban J connectivity index is 2.52. The van der Waals surface area contributed by atoms with Crippen LogP contribution in [0.2, 0.25) is 0 Å². The molecule has 0 amide bonds. The molecule has 1 heterocycles. The van der Waals surface area contributed by atoms with E-state index in [1.54, 1.807) is 0 Å². The van der Waals surface area contributed by atoms with Gasteiger partial charge in [-0.1, -0.05) is 51.6 Å². The van der Waals surface area contributed by atoms with E-state index in [4.69, 9.17) is 10.7 Å². The van der Waals surface area contributed by atoms with Crippen LogP contribution in [0.3, 0.4) is 0 Å². The molecule has 0 fully saturated rings. The molecule has 2 rings (SSSR count). The molecule has 0 atom stereocenters. The quantitative estimate of drug-likeness (QED) is 0.453. The molecule has 30 heavy (non-hydrogen) atoms. The molecule has 1 aliphatic rings. The van der Waals surface area contributed by atoms with E-state index in [2.05, 4.69) is 67.6 Å². The summed E-state index contributed by atoms with van der Waals surface area (Å²) in [5, 5.41) is 0. The minimum Gasteiger partial charge on any atom is -0.387 e.